The number of benzene rings is 1. The van der Waals surface area contributed by atoms with Crippen LogP contribution in [0.2, 0.25) is 0 Å². The van der Waals surface area contributed by atoms with Crippen molar-refractivity contribution < 1.29 is 4.39 Å². The van der Waals surface area contributed by atoms with Gasteiger partial charge in [0.25, 0.3) is 0 Å². The zero-order valence-electron chi connectivity index (χ0n) is 9.61. The first-order valence-corrected chi connectivity index (χ1v) is 4.93. The van der Waals surface area contributed by atoms with Gasteiger partial charge in [0.2, 0.25) is 0 Å². The fourth-order valence-corrected chi connectivity index (χ4v) is 0.715. The number of halogens is 1. The quantitative estimate of drug-likeness (QED) is 0.557. The molecule has 1 aromatic carbocycles. The number of rotatable bonds is 0. The van der Waals surface area contributed by atoms with Crippen LogP contribution in [0.3, 0.4) is 0 Å². The van der Waals surface area contributed by atoms with Crippen molar-refractivity contribution in [2.24, 2.45) is 0 Å². The molecule has 0 aromatic heterocycles. The van der Waals surface area contributed by atoms with Gasteiger partial charge in [-0.2, -0.15) is 0 Å². The molecule has 0 atom stereocenters. The molecule has 0 nitrogen and oxygen atoms in total. The van der Waals surface area contributed by atoms with Gasteiger partial charge in [-0.15, -0.1) is 0 Å². The van der Waals surface area contributed by atoms with Gasteiger partial charge < -0.3 is 0 Å². The molecule has 13 heavy (non-hydrogen) atoms. The topological polar surface area (TPSA) is 0 Å². The highest BCUT2D eigenvalue weighted by Gasteiger charge is 1.95. The molecule has 0 amide bonds. The third-order valence-corrected chi connectivity index (χ3v) is 1.54. The molecule has 0 bridgehead atoms. The standard InChI is InChI=1S/C8H9F.2C2H6/c1-6-4-3-5-8(9)7(6)2;2*1-2/h3-5H,1-2H3;2*1-2H3. The van der Waals surface area contributed by atoms with E-state index in [4.69, 9.17) is 0 Å². The van der Waals surface area contributed by atoms with Crippen LogP contribution >= 0.6 is 0 Å². The molecule has 0 saturated carbocycles. The van der Waals surface area contributed by atoms with Gasteiger partial charge >= 0.3 is 0 Å². The summed E-state index contributed by atoms with van der Waals surface area (Å²) in [5.74, 6) is -0.116. The normalized spacial score (nSPS) is 7.62. The minimum Gasteiger partial charge on any atom is -0.207 e. The molecular weight excluding hydrogens is 163 g/mol. The Morgan fingerprint density at radius 2 is 1.38 bits per heavy atom. The lowest BCUT2D eigenvalue weighted by molar-refractivity contribution is 0.617. The fraction of sp³-hybridized carbons (Fsp3) is 0.500. The average Bonchev–Trinajstić information content (AvgIpc) is 2.20. The Bertz CT molecular complexity index is 196. The van der Waals surface area contributed by atoms with Crippen LogP contribution in [0.25, 0.3) is 0 Å². The molecule has 0 saturated heterocycles. The van der Waals surface area contributed by atoms with Crippen molar-refractivity contribution in [2.75, 3.05) is 0 Å². The summed E-state index contributed by atoms with van der Waals surface area (Å²) < 4.78 is 12.6. The largest absolute Gasteiger partial charge is 0.207 e. The van der Waals surface area contributed by atoms with E-state index in [-0.39, 0.29) is 5.82 Å². The zero-order valence-corrected chi connectivity index (χ0v) is 9.61. The lowest BCUT2D eigenvalue weighted by Crippen LogP contribution is -1.83. The molecule has 1 aromatic rings. The second-order valence-corrected chi connectivity index (χ2v) is 2.18. The Labute approximate surface area is 81.8 Å². The van der Waals surface area contributed by atoms with Gasteiger partial charge in [-0.05, 0) is 31.0 Å². The molecule has 0 heterocycles. The Hall–Kier alpha value is -0.850. The molecule has 0 aliphatic heterocycles. The maximum Gasteiger partial charge on any atom is 0.126 e. The van der Waals surface area contributed by atoms with Crippen molar-refractivity contribution in [1.82, 2.24) is 0 Å². The van der Waals surface area contributed by atoms with Crippen molar-refractivity contribution in [3.8, 4) is 0 Å². The van der Waals surface area contributed by atoms with Gasteiger partial charge in [0, 0.05) is 0 Å². The summed E-state index contributed by atoms with van der Waals surface area (Å²) in [6.07, 6.45) is 0. The number of hydrogen-bond acceptors (Lipinski definition) is 0. The first-order chi connectivity index (χ1) is 6.22. The van der Waals surface area contributed by atoms with Crippen LogP contribution in [0.1, 0.15) is 38.8 Å². The van der Waals surface area contributed by atoms with E-state index in [1.807, 2.05) is 40.7 Å². The third-order valence-electron chi connectivity index (χ3n) is 1.54. The average molecular weight is 184 g/mol. The van der Waals surface area contributed by atoms with Crippen molar-refractivity contribution in [2.45, 2.75) is 41.5 Å². The lowest BCUT2D eigenvalue weighted by atomic mass is 10.1. The van der Waals surface area contributed by atoms with Crippen LogP contribution in [-0.2, 0) is 0 Å². The highest BCUT2D eigenvalue weighted by Crippen LogP contribution is 2.09. The van der Waals surface area contributed by atoms with Crippen LogP contribution in [0, 0.1) is 19.7 Å². The van der Waals surface area contributed by atoms with E-state index in [0.717, 1.165) is 11.1 Å². The van der Waals surface area contributed by atoms with Crippen molar-refractivity contribution in [3.05, 3.63) is 35.1 Å². The van der Waals surface area contributed by atoms with Crippen molar-refractivity contribution in [3.63, 3.8) is 0 Å². The molecule has 1 rings (SSSR count). The summed E-state index contributed by atoms with van der Waals surface area (Å²) in [6, 6.07) is 5.10. The van der Waals surface area contributed by atoms with E-state index in [1.54, 1.807) is 13.0 Å². The van der Waals surface area contributed by atoms with Gasteiger partial charge in [-0.3, -0.25) is 0 Å². The molecule has 0 spiro atoms. The van der Waals surface area contributed by atoms with Crippen LogP contribution < -0.4 is 0 Å². The Kier molecular flexibility index (Phi) is 10.4. The minimum absolute atomic E-state index is 0.116. The number of aryl methyl sites for hydroxylation is 1. The third kappa shape index (κ3) is 5.40. The summed E-state index contributed by atoms with van der Waals surface area (Å²) in [4.78, 5) is 0. The molecule has 0 radical (unpaired) electrons. The summed E-state index contributed by atoms with van der Waals surface area (Å²) in [7, 11) is 0. The maximum atomic E-state index is 12.6. The molecule has 76 valence electrons. The van der Waals surface area contributed by atoms with E-state index in [1.165, 1.54) is 6.07 Å². The first kappa shape index (κ1) is 14.7. The maximum absolute atomic E-state index is 12.6. The van der Waals surface area contributed by atoms with E-state index in [9.17, 15) is 4.39 Å². The Balaban J connectivity index is 0. The van der Waals surface area contributed by atoms with E-state index in [2.05, 4.69) is 0 Å². The van der Waals surface area contributed by atoms with Crippen molar-refractivity contribution in [1.29, 1.82) is 0 Å². The smallest absolute Gasteiger partial charge is 0.126 e. The molecule has 1 heteroatoms. The van der Waals surface area contributed by atoms with E-state index >= 15 is 0 Å². The first-order valence-electron chi connectivity index (χ1n) is 4.93. The van der Waals surface area contributed by atoms with Gasteiger partial charge in [0.15, 0.2) is 0 Å². The molecule has 0 N–H and O–H groups in total. The fourth-order valence-electron chi connectivity index (χ4n) is 0.715. The monoisotopic (exact) mass is 184 g/mol. The molecule has 0 fully saturated rings. The van der Waals surface area contributed by atoms with Gasteiger partial charge in [0.1, 0.15) is 5.82 Å². The van der Waals surface area contributed by atoms with Crippen LogP contribution in [0.15, 0.2) is 18.2 Å². The Morgan fingerprint density at radius 3 is 1.69 bits per heavy atom. The van der Waals surface area contributed by atoms with Crippen LogP contribution in [-0.4, -0.2) is 0 Å². The predicted molar refractivity (Wildman–Crippen MR) is 58.6 cm³/mol. The molecular formula is C12H21F. The van der Waals surface area contributed by atoms with Gasteiger partial charge in [-0.1, -0.05) is 39.8 Å². The summed E-state index contributed by atoms with van der Waals surface area (Å²) in [5, 5.41) is 0. The highest BCUT2D eigenvalue weighted by molar-refractivity contribution is 5.25. The lowest BCUT2D eigenvalue weighted by Gasteiger charge is -1.97. The van der Waals surface area contributed by atoms with Crippen LogP contribution in [0.4, 0.5) is 4.39 Å². The molecule has 0 unspecified atom stereocenters. The second kappa shape index (κ2) is 9.24. The Morgan fingerprint density at radius 1 is 0.923 bits per heavy atom. The highest BCUT2D eigenvalue weighted by atomic mass is 19.1. The van der Waals surface area contributed by atoms with Gasteiger partial charge in [0.05, 0.1) is 0 Å². The predicted octanol–water partition coefficient (Wildman–Crippen LogP) is 4.49. The molecule has 0 aliphatic rings. The SMILES string of the molecule is CC.CC.Cc1cccc(F)c1C. The minimum atomic E-state index is -0.116. The number of hydrogen-bond donors (Lipinski definition) is 0. The summed E-state index contributed by atoms with van der Waals surface area (Å²) >= 11 is 0. The second-order valence-electron chi connectivity index (χ2n) is 2.18. The van der Waals surface area contributed by atoms with Crippen molar-refractivity contribution >= 4 is 0 Å². The van der Waals surface area contributed by atoms with E-state index < -0.39 is 0 Å². The zero-order chi connectivity index (χ0) is 10.9. The van der Waals surface area contributed by atoms with Gasteiger partial charge in [-0.25, -0.2) is 4.39 Å². The van der Waals surface area contributed by atoms with Crippen LogP contribution in [0.5, 0.6) is 0 Å². The summed E-state index contributed by atoms with van der Waals surface area (Å²) in [6.45, 7) is 11.7. The summed E-state index contributed by atoms with van der Waals surface area (Å²) in [5.41, 5.74) is 1.76. The van der Waals surface area contributed by atoms with E-state index in [0.29, 0.717) is 0 Å². The molecule has 0 aliphatic carbocycles.